The molecule has 0 aromatic carbocycles. The van der Waals surface area contributed by atoms with Gasteiger partial charge in [-0.2, -0.15) is 0 Å². The van der Waals surface area contributed by atoms with Gasteiger partial charge >= 0.3 is 0 Å². The van der Waals surface area contributed by atoms with Crippen LogP contribution in [0.1, 0.15) is 46.0 Å². The summed E-state index contributed by atoms with van der Waals surface area (Å²) in [5.74, 6) is 0.988. The molecule has 60 valence electrons. The summed E-state index contributed by atoms with van der Waals surface area (Å²) < 4.78 is 0. The van der Waals surface area contributed by atoms with E-state index in [1.807, 2.05) is 0 Å². The third-order valence-corrected chi connectivity index (χ3v) is 3.93. The van der Waals surface area contributed by atoms with Crippen LogP contribution in [0.2, 0.25) is 0 Å². The Labute approximate surface area is 67.0 Å². The van der Waals surface area contributed by atoms with E-state index in [4.69, 9.17) is 0 Å². The fraction of sp³-hybridized carbons (Fsp3) is 1.00. The first-order valence-electron chi connectivity index (χ1n) is 4.45. The zero-order valence-corrected chi connectivity index (χ0v) is 8.34. The molecule has 1 heteroatoms. The van der Waals surface area contributed by atoms with Crippen LogP contribution in [0.3, 0.4) is 0 Å². The largest absolute Gasteiger partial charge is 0.131 e. The second-order valence-corrected chi connectivity index (χ2v) is 5.16. The first kappa shape index (κ1) is 8.53. The van der Waals surface area contributed by atoms with Crippen LogP contribution in [0, 0.1) is 5.92 Å². The molecule has 0 nitrogen and oxygen atoms in total. The maximum atomic E-state index is 3.04. The van der Waals surface area contributed by atoms with Gasteiger partial charge < -0.3 is 0 Å². The Kier molecular flexibility index (Phi) is 2.74. The fourth-order valence-electron chi connectivity index (χ4n) is 1.87. The van der Waals surface area contributed by atoms with E-state index in [0.717, 1.165) is 5.92 Å². The molecular weight excluding hydrogens is 139 g/mol. The first-order chi connectivity index (χ1) is 4.67. The Bertz CT molecular complexity index is 101. The predicted octanol–water partition coefficient (Wildman–Crippen LogP) is 3.22. The molecule has 1 rings (SSSR count). The Balaban J connectivity index is 2.45. The minimum atomic E-state index is 0.538. The van der Waals surface area contributed by atoms with E-state index >= 15 is 0 Å². The van der Waals surface area contributed by atoms with Crippen molar-refractivity contribution in [3.8, 4) is 0 Å². The lowest BCUT2D eigenvalue weighted by atomic mass is 9.89. The molecule has 0 aromatic heterocycles. The average Bonchev–Trinajstić information content (AvgIpc) is 2.38. The molecule has 0 bridgehead atoms. The minimum Gasteiger partial charge on any atom is -0.131 e. The van der Waals surface area contributed by atoms with Gasteiger partial charge in [-0.3, -0.25) is 0 Å². The molecule has 1 aliphatic rings. The monoisotopic (exact) mass is 158 g/mol. The zero-order valence-electron chi connectivity index (χ0n) is 7.19. The lowest BCUT2D eigenvalue weighted by molar-refractivity contribution is 0.398. The van der Waals surface area contributed by atoms with Crippen molar-refractivity contribution >= 4 is 9.24 Å². The van der Waals surface area contributed by atoms with Gasteiger partial charge in [0.1, 0.15) is 0 Å². The molecule has 0 N–H and O–H groups in total. The third-order valence-electron chi connectivity index (χ3n) is 3.05. The van der Waals surface area contributed by atoms with Gasteiger partial charge in [0.05, 0.1) is 0 Å². The molecule has 0 radical (unpaired) electrons. The number of hydrogen-bond donors (Lipinski definition) is 0. The van der Waals surface area contributed by atoms with E-state index in [0.29, 0.717) is 5.16 Å². The molecule has 10 heavy (non-hydrogen) atoms. The fourth-order valence-corrected chi connectivity index (χ4v) is 2.21. The van der Waals surface area contributed by atoms with Gasteiger partial charge in [-0.05, 0) is 30.3 Å². The molecule has 0 aliphatic heterocycles. The summed E-state index contributed by atoms with van der Waals surface area (Å²) in [4.78, 5) is 0. The van der Waals surface area contributed by atoms with Gasteiger partial charge in [0.15, 0.2) is 0 Å². The minimum absolute atomic E-state index is 0.538. The first-order valence-corrected chi connectivity index (χ1v) is 5.03. The molecule has 0 amide bonds. The standard InChI is InChI=1S/C9H19P/c1-3-9(2,10)8-6-4-5-7-8/h8H,3-7,10H2,1-2H3. The molecule has 1 fully saturated rings. The summed E-state index contributed by atoms with van der Waals surface area (Å²) in [5.41, 5.74) is 0. The highest BCUT2D eigenvalue weighted by atomic mass is 31.0. The summed E-state index contributed by atoms with van der Waals surface area (Å²) >= 11 is 0. The Morgan fingerprint density at radius 2 is 1.90 bits per heavy atom. The second-order valence-electron chi connectivity index (χ2n) is 3.84. The second kappa shape index (κ2) is 3.22. The summed E-state index contributed by atoms with van der Waals surface area (Å²) in [6.45, 7) is 4.68. The van der Waals surface area contributed by atoms with E-state index in [2.05, 4.69) is 23.1 Å². The molecule has 0 saturated heterocycles. The van der Waals surface area contributed by atoms with Crippen molar-refractivity contribution in [2.24, 2.45) is 5.92 Å². The van der Waals surface area contributed by atoms with Crippen molar-refractivity contribution in [3.05, 3.63) is 0 Å². The van der Waals surface area contributed by atoms with Crippen molar-refractivity contribution in [1.82, 2.24) is 0 Å². The maximum Gasteiger partial charge on any atom is -0.0153 e. The highest BCUT2D eigenvalue weighted by Gasteiger charge is 2.29. The van der Waals surface area contributed by atoms with Crippen molar-refractivity contribution in [1.29, 1.82) is 0 Å². The van der Waals surface area contributed by atoms with Crippen molar-refractivity contribution in [2.45, 2.75) is 51.1 Å². The number of hydrogen-bond acceptors (Lipinski definition) is 0. The summed E-state index contributed by atoms with van der Waals surface area (Å²) in [7, 11) is 3.04. The lowest BCUT2D eigenvalue weighted by Gasteiger charge is -2.29. The smallest absolute Gasteiger partial charge is 0.0153 e. The molecule has 0 heterocycles. The summed E-state index contributed by atoms with van der Waals surface area (Å²) in [5, 5.41) is 0.538. The van der Waals surface area contributed by atoms with Gasteiger partial charge in [0.25, 0.3) is 0 Å². The Morgan fingerprint density at radius 3 is 2.30 bits per heavy atom. The van der Waals surface area contributed by atoms with Gasteiger partial charge in [-0.25, -0.2) is 0 Å². The van der Waals surface area contributed by atoms with E-state index < -0.39 is 0 Å². The molecule has 1 aliphatic carbocycles. The quantitative estimate of drug-likeness (QED) is 0.541. The van der Waals surface area contributed by atoms with E-state index in [1.165, 1.54) is 32.1 Å². The Morgan fingerprint density at radius 1 is 1.40 bits per heavy atom. The third kappa shape index (κ3) is 1.72. The molecular formula is C9H19P. The summed E-state index contributed by atoms with van der Waals surface area (Å²) in [6, 6.07) is 0. The van der Waals surface area contributed by atoms with Gasteiger partial charge in [0, 0.05) is 0 Å². The molecule has 1 saturated carbocycles. The molecule has 2 atom stereocenters. The zero-order chi connectivity index (χ0) is 7.61. The van der Waals surface area contributed by atoms with Crippen LogP contribution >= 0.6 is 9.24 Å². The highest BCUT2D eigenvalue weighted by molar-refractivity contribution is 7.18. The SMILES string of the molecule is CCC(C)(P)C1CCCC1. The van der Waals surface area contributed by atoms with E-state index in [1.54, 1.807) is 0 Å². The average molecular weight is 158 g/mol. The van der Waals surface area contributed by atoms with Crippen LogP contribution in [0.5, 0.6) is 0 Å². The Hall–Kier alpha value is 0.430. The molecule has 0 aromatic rings. The normalized spacial score (nSPS) is 26.7. The van der Waals surface area contributed by atoms with Crippen molar-refractivity contribution < 1.29 is 0 Å². The highest BCUT2D eigenvalue weighted by Crippen LogP contribution is 2.41. The van der Waals surface area contributed by atoms with Gasteiger partial charge in [0.2, 0.25) is 0 Å². The van der Waals surface area contributed by atoms with Crippen LogP contribution in [0.25, 0.3) is 0 Å². The van der Waals surface area contributed by atoms with Crippen LogP contribution in [0.15, 0.2) is 0 Å². The van der Waals surface area contributed by atoms with Crippen LogP contribution < -0.4 is 0 Å². The topological polar surface area (TPSA) is 0 Å². The van der Waals surface area contributed by atoms with Crippen molar-refractivity contribution in [3.63, 3.8) is 0 Å². The number of rotatable bonds is 2. The predicted molar refractivity (Wildman–Crippen MR) is 50.4 cm³/mol. The van der Waals surface area contributed by atoms with Crippen LogP contribution in [-0.4, -0.2) is 5.16 Å². The van der Waals surface area contributed by atoms with E-state index in [9.17, 15) is 0 Å². The van der Waals surface area contributed by atoms with Gasteiger partial charge in [-0.1, -0.05) is 26.7 Å². The van der Waals surface area contributed by atoms with Crippen LogP contribution in [0.4, 0.5) is 0 Å². The van der Waals surface area contributed by atoms with Crippen molar-refractivity contribution in [2.75, 3.05) is 0 Å². The molecule has 0 spiro atoms. The van der Waals surface area contributed by atoms with Crippen LogP contribution in [-0.2, 0) is 0 Å². The van der Waals surface area contributed by atoms with E-state index in [-0.39, 0.29) is 0 Å². The molecule has 2 unspecified atom stereocenters. The van der Waals surface area contributed by atoms with Gasteiger partial charge in [-0.15, -0.1) is 9.24 Å². The maximum absolute atomic E-state index is 3.04. The lowest BCUT2D eigenvalue weighted by Crippen LogP contribution is -2.24. The summed E-state index contributed by atoms with van der Waals surface area (Å²) in [6.07, 6.45) is 7.17.